The van der Waals surface area contributed by atoms with Gasteiger partial charge in [0.15, 0.2) is 0 Å². The Morgan fingerprint density at radius 3 is 0.724 bits per heavy atom. The summed E-state index contributed by atoms with van der Waals surface area (Å²) in [6.07, 6.45) is 39.7. The van der Waals surface area contributed by atoms with Crippen molar-refractivity contribution < 1.29 is 0 Å². The first kappa shape index (κ1) is 28.7. The van der Waals surface area contributed by atoms with Crippen LogP contribution in [-0.4, -0.2) is 0 Å². The smallest absolute Gasteiger partial charge is 0.0351 e. The zero-order valence-electron chi connectivity index (χ0n) is 20.2. The molecular formula is C29H56. The first-order valence-corrected chi connectivity index (χ1v) is 13.6. The first-order chi connectivity index (χ1) is 14.4. The van der Waals surface area contributed by atoms with Crippen LogP contribution in [0.25, 0.3) is 0 Å². The Kier molecular flexibility index (Phi) is 27.5. The van der Waals surface area contributed by atoms with Gasteiger partial charge < -0.3 is 0 Å². The molecule has 0 aromatic heterocycles. The highest BCUT2D eigenvalue weighted by Crippen LogP contribution is 2.14. The van der Waals surface area contributed by atoms with E-state index in [9.17, 15) is 0 Å². The van der Waals surface area contributed by atoms with Gasteiger partial charge in [0.25, 0.3) is 0 Å². The summed E-state index contributed by atoms with van der Waals surface area (Å²) >= 11 is 0. The lowest BCUT2D eigenvalue weighted by Crippen LogP contribution is -1.83. The molecule has 0 amide bonds. The van der Waals surface area contributed by atoms with Gasteiger partial charge in [0.1, 0.15) is 0 Å². The summed E-state index contributed by atoms with van der Waals surface area (Å²) < 4.78 is 0. The molecule has 0 saturated heterocycles. The largest absolute Gasteiger partial charge is 0.0885 e. The summed E-state index contributed by atoms with van der Waals surface area (Å²) in [6.45, 7) is 7.82. The fourth-order valence-electron chi connectivity index (χ4n) is 4.12. The van der Waals surface area contributed by atoms with Crippen LogP contribution in [0.2, 0.25) is 0 Å². The normalized spacial score (nSPS) is 11.7. The molecule has 0 aliphatic heterocycles. The molecule has 0 rings (SSSR count). The Balaban J connectivity index is 3.05. The minimum absolute atomic E-state index is 1.11. The average Bonchev–Trinajstić information content (AvgIpc) is 2.74. The van der Waals surface area contributed by atoms with Crippen LogP contribution in [-0.2, 0) is 0 Å². The maximum Gasteiger partial charge on any atom is -0.0351 e. The molecule has 0 N–H and O–H groups in total. The van der Waals surface area contributed by atoms with Crippen molar-refractivity contribution in [1.82, 2.24) is 0 Å². The van der Waals surface area contributed by atoms with Crippen molar-refractivity contribution in [2.75, 3.05) is 0 Å². The molecule has 2 radical (unpaired) electrons. The molecule has 0 nitrogen and oxygen atoms in total. The molecule has 0 spiro atoms. The molecule has 0 saturated carbocycles. The van der Waals surface area contributed by atoms with E-state index in [1.54, 1.807) is 0 Å². The molecule has 172 valence electrons. The van der Waals surface area contributed by atoms with E-state index in [4.69, 9.17) is 0 Å². The van der Waals surface area contributed by atoms with Gasteiger partial charge in [-0.25, -0.2) is 0 Å². The predicted molar refractivity (Wildman–Crippen MR) is 135 cm³/mol. The fraction of sp³-hybridized carbons (Fsp3) is 0.862. The van der Waals surface area contributed by atoms with Gasteiger partial charge in [-0.2, -0.15) is 0 Å². The monoisotopic (exact) mass is 404 g/mol. The molecule has 0 aromatic carbocycles. The van der Waals surface area contributed by atoms with Gasteiger partial charge in [-0.15, -0.1) is 0 Å². The van der Waals surface area contributed by atoms with Gasteiger partial charge in [-0.1, -0.05) is 161 Å². The summed E-state index contributed by atoms with van der Waals surface area (Å²) in [5.74, 6) is 0. The highest BCUT2D eigenvalue weighted by molar-refractivity contribution is 4.81. The van der Waals surface area contributed by atoms with Crippen LogP contribution in [0.1, 0.15) is 161 Å². The summed E-state index contributed by atoms with van der Waals surface area (Å²) in [5.41, 5.74) is 0. The van der Waals surface area contributed by atoms with Crippen LogP contribution >= 0.6 is 0 Å². The molecule has 0 bridgehead atoms. The van der Waals surface area contributed by atoms with Crippen LogP contribution in [0.15, 0.2) is 12.2 Å². The van der Waals surface area contributed by atoms with Gasteiger partial charge in [0, 0.05) is 0 Å². The summed E-state index contributed by atoms with van der Waals surface area (Å²) in [4.78, 5) is 0. The Hall–Kier alpha value is -0.260. The fourth-order valence-corrected chi connectivity index (χ4v) is 4.12. The molecule has 0 aliphatic carbocycles. The predicted octanol–water partition coefficient (Wildman–Crippen LogP) is 11.0. The van der Waals surface area contributed by atoms with E-state index in [1.165, 1.54) is 148 Å². The van der Waals surface area contributed by atoms with E-state index < -0.39 is 0 Å². The Morgan fingerprint density at radius 1 is 0.276 bits per heavy atom. The minimum Gasteiger partial charge on any atom is -0.0885 e. The second kappa shape index (κ2) is 27.7. The second-order valence-electron chi connectivity index (χ2n) is 9.18. The lowest BCUT2D eigenvalue weighted by molar-refractivity contribution is 0.534. The zero-order valence-corrected chi connectivity index (χ0v) is 20.2. The first-order valence-electron chi connectivity index (χ1n) is 13.6. The van der Waals surface area contributed by atoms with Crippen LogP contribution in [0.5, 0.6) is 0 Å². The Labute approximate surface area is 186 Å². The van der Waals surface area contributed by atoms with Crippen LogP contribution in [0.4, 0.5) is 0 Å². The maximum absolute atomic E-state index is 3.91. The van der Waals surface area contributed by atoms with Gasteiger partial charge >= 0.3 is 0 Å². The van der Waals surface area contributed by atoms with Crippen molar-refractivity contribution in [2.45, 2.75) is 161 Å². The topological polar surface area (TPSA) is 0 Å². The quantitative estimate of drug-likeness (QED) is 0.105. The van der Waals surface area contributed by atoms with Gasteiger partial charge in [-0.3, -0.25) is 0 Å². The SMILES string of the molecule is [CH2]CCCCCCCCC/C=C/CCCCCCCCCCCCCCCC[CH2]. The van der Waals surface area contributed by atoms with E-state index in [2.05, 4.69) is 26.0 Å². The molecule has 0 heterocycles. The van der Waals surface area contributed by atoms with Gasteiger partial charge in [-0.05, 0) is 25.7 Å². The molecule has 0 fully saturated rings. The number of allylic oxidation sites excluding steroid dienone is 2. The van der Waals surface area contributed by atoms with Gasteiger partial charge in [0.05, 0.1) is 0 Å². The average molecular weight is 405 g/mol. The van der Waals surface area contributed by atoms with Crippen molar-refractivity contribution in [2.24, 2.45) is 0 Å². The number of hydrogen-bond acceptors (Lipinski definition) is 0. The summed E-state index contributed by atoms with van der Waals surface area (Å²) in [7, 11) is 0. The Bertz CT molecular complexity index is 290. The minimum atomic E-state index is 1.11. The van der Waals surface area contributed by atoms with E-state index >= 15 is 0 Å². The lowest BCUT2D eigenvalue weighted by atomic mass is 10.0. The molecule has 0 unspecified atom stereocenters. The standard InChI is InChI=1S/C29H56/c1-3-5-7-9-11-13-15-17-19-21-23-25-27-29-28-26-24-22-20-18-16-14-12-10-8-6-4-2/h21,23H,1-20,22,24-29H2/b23-21+. The third-order valence-electron chi connectivity index (χ3n) is 6.16. The van der Waals surface area contributed by atoms with E-state index in [1.807, 2.05) is 0 Å². The van der Waals surface area contributed by atoms with Crippen molar-refractivity contribution in [3.63, 3.8) is 0 Å². The maximum atomic E-state index is 3.91. The molecule has 0 atom stereocenters. The third-order valence-corrected chi connectivity index (χ3v) is 6.16. The molecule has 0 heteroatoms. The lowest BCUT2D eigenvalue weighted by Gasteiger charge is -2.03. The van der Waals surface area contributed by atoms with E-state index in [0.29, 0.717) is 0 Å². The van der Waals surface area contributed by atoms with Crippen LogP contribution in [0, 0.1) is 13.8 Å². The molecule has 0 aliphatic rings. The van der Waals surface area contributed by atoms with Crippen LogP contribution in [0.3, 0.4) is 0 Å². The number of hydrogen-bond donors (Lipinski definition) is 0. The second-order valence-corrected chi connectivity index (χ2v) is 9.18. The summed E-state index contributed by atoms with van der Waals surface area (Å²) in [6, 6.07) is 0. The molecule has 0 aromatic rings. The third kappa shape index (κ3) is 27.7. The van der Waals surface area contributed by atoms with Crippen molar-refractivity contribution in [1.29, 1.82) is 0 Å². The van der Waals surface area contributed by atoms with Crippen molar-refractivity contribution in [3.05, 3.63) is 26.0 Å². The highest BCUT2D eigenvalue weighted by Gasteiger charge is 1.94. The summed E-state index contributed by atoms with van der Waals surface area (Å²) in [5, 5.41) is 0. The number of unbranched alkanes of at least 4 members (excludes halogenated alkanes) is 23. The number of rotatable bonds is 25. The highest BCUT2D eigenvalue weighted by atomic mass is 14.0. The molecule has 29 heavy (non-hydrogen) atoms. The van der Waals surface area contributed by atoms with Crippen molar-refractivity contribution >= 4 is 0 Å². The van der Waals surface area contributed by atoms with Crippen molar-refractivity contribution in [3.8, 4) is 0 Å². The van der Waals surface area contributed by atoms with Crippen LogP contribution < -0.4 is 0 Å². The zero-order chi connectivity index (χ0) is 21.1. The molecular weight excluding hydrogens is 348 g/mol. The van der Waals surface area contributed by atoms with Gasteiger partial charge in [0.2, 0.25) is 0 Å². The van der Waals surface area contributed by atoms with E-state index in [-0.39, 0.29) is 0 Å². The van der Waals surface area contributed by atoms with E-state index in [0.717, 1.165) is 12.8 Å². The Morgan fingerprint density at radius 2 is 0.483 bits per heavy atom.